The molecule has 0 atom stereocenters. The quantitative estimate of drug-likeness (QED) is 0.521. The zero-order chi connectivity index (χ0) is 15.1. The Morgan fingerprint density at radius 1 is 1.33 bits per heavy atom. The van der Waals surface area contributed by atoms with Crippen LogP contribution in [0.1, 0.15) is 11.4 Å². The van der Waals surface area contributed by atoms with E-state index < -0.39 is 0 Å². The lowest BCUT2D eigenvalue weighted by molar-refractivity contribution is 0.622. The van der Waals surface area contributed by atoms with Gasteiger partial charge in [-0.05, 0) is 40.5 Å². The third-order valence-electron chi connectivity index (χ3n) is 3.30. The summed E-state index contributed by atoms with van der Waals surface area (Å²) in [4.78, 5) is 4.47. The van der Waals surface area contributed by atoms with Crippen molar-refractivity contribution in [3.8, 4) is 5.69 Å². The standard InChI is InChI=1S/C15H10BrCl2FN2/c1-8-3-2-4-10(18)15(8)21-13-6-11(19)9(16)5-12(13)20-14(21)7-17/h2-6H,7H2,1H3. The van der Waals surface area contributed by atoms with E-state index in [0.29, 0.717) is 26.4 Å². The van der Waals surface area contributed by atoms with Gasteiger partial charge < -0.3 is 0 Å². The second-order valence-corrected chi connectivity index (χ2v) is 6.19. The van der Waals surface area contributed by atoms with E-state index in [4.69, 9.17) is 23.2 Å². The molecular formula is C15H10BrCl2FN2. The maximum atomic E-state index is 13.9. The largest absolute Gasteiger partial charge is 0.293 e. The number of para-hydroxylation sites is 1. The summed E-state index contributed by atoms with van der Waals surface area (Å²) in [5.74, 6) is 0.480. The van der Waals surface area contributed by atoms with Gasteiger partial charge >= 0.3 is 0 Å². The Balaban J connectivity index is 2.43. The van der Waals surface area contributed by atoms with Crippen LogP contribution in [0.3, 0.4) is 0 Å². The summed E-state index contributed by atoms with van der Waals surface area (Å²) in [6, 6.07) is 8.69. The zero-order valence-electron chi connectivity index (χ0n) is 11.0. The first kappa shape index (κ1) is 14.8. The number of hydrogen-bond acceptors (Lipinski definition) is 1. The molecule has 0 fully saturated rings. The Kier molecular flexibility index (Phi) is 3.95. The lowest BCUT2D eigenvalue weighted by atomic mass is 10.2. The molecular weight excluding hydrogens is 378 g/mol. The van der Waals surface area contributed by atoms with Crippen molar-refractivity contribution in [3.05, 3.63) is 57.0 Å². The van der Waals surface area contributed by atoms with Crippen LogP contribution >= 0.6 is 39.1 Å². The monoisotopic (exact) mass is 386 g/mol. The maximum absolute atomic E-state index is 13.9. The van der Waals surface area contributed by atoms with Crippen LogP contribution in [0.4, 0.5) is 4.39 Å². The zero-order valence-corrected chi connectivity index (χ0v) is 14.1. The number of halogens is 4. The Morgan fingerprint density at radius 2 is 2.10 bits per heavy atom. The summed E-state index contributed by atoms with van der Waals surface area (Å²) in [6.07, 6.45) is 0. The minimum absolute atomic E-state index is 0.207. The number of hydrogen-bond donors (Lipinski definition) is 0. The highest BCUT2D eigenvalue weighted by molar-refractivity contribution is 9.10. The van der Waals surface area contributed by atoms with Crippen molar-refractivity contribution in [3.63, 3.8) is 0 Å². The summed E-state index contributed by atoms with van der Waals surface area (Å²) < 4.78 is 16.1. The van der Waals surface area contributed by atoms with Gasteiger partial charge in [0.2, 0.25) is 0 Å². The minimum Gasteiger partial charge on any atom is -0.293 e. The Morgan fingerprint density at radius 3 is 2.76 bits per heavy atom. The molecule has 0 aliphatic carbocycles. The SMILES string of the molecule is Cc1cccc(Cl)c1-n1c(CCl)nc2cc(Br)c(F)cc21. The molecule has 0 unspecified atom stereocenters. The highest BCUT2D eigenvalue weighted by Crippen LogP contribution is 2.32. The van der Waals surface area contributed by atoms with Crippen LogP contribution < -0.4 is 0 Å². The fourth-order valence-electron chi connectivity index (χ4n) is 2.37. The predicted molar refractivity (Wildman–Crippen MR) is 88.0 cm³/mol. The molecule has 0 radical (unpaired) electrons. The first-order valence-electron chi connectivity index (χ1n) is 6.20. The summed E-state index contributed by atoms with van der Waals surface area (Å²) in [5.41, 5.74) is 3.05. The number of alkyl halides is 1. The number of imidazole rings is 1. The number of nitrogens with zero attached hydrogens (tertiary/aromatic N) is 2. The average molecular weight is 388 g/mol. The van der Waals surface area contributed by atoms with Gasteiger partial charge in [0.25, 0.3) is 0 Å². The molecule has 0 aliphatic rings. The number of fused-ring (bicyclic) bond motifs is 1. The first-order valence-corrected chi connectivity index (χ1v) is 7.91. The number of benzene rings is 2. The molecule has 0 amide bonds. The Hall–Kier alpha value is -1.10. The molecule has 0 N–H and O–H groups in total. The molecule has 1 heterocycles. The summed E-state index contributed by atoms with van der Waals surface area (Å²) in [6.45, 7) is 1.94. The van der Waals surface area contributed by atoms with Gasteiger partial charge in [0.15, 0.2) is 0 Å². The molecule has 0 saturated heterocycles. The second kappa shape index (κ2) is 5.59. The van der Waals surface area contributed by atoms with Gasteiger partial charge in [-0.1, -0.05) is 23.7 Å². The smallest absolute Gasteiger partial charge is 0.139 e. The van der Waals surface area contributed by atoms with Crippen molar-refractivity contribution in [1.29, 1.82) is 0 Å². The fourth-order valence-corrected chi connectivity index (χ4v) is 3.18. The van der Waals surface area contributed by atoms with E-state index >= 15 is 0 Å². The van der Waals surface area contributed by atoms with Gasteiger partial charge in [-0.15, -0.1) is 11.6 Å². The highest BCUT2D eigenvalue weighted by Gasteiger charge is 2.17. The van der Waals surface area contributed by atoms with E-state index in [2.05, 4.69) is 20.9 Å². The van der Waals surface area contributed by atoms with E-state index in [1.165, 1.54) is 6.07 Å². The molecule has 3 aromatic rings. The highest BCUT2D eigenvalue weighted by atomic mass is 79.9. The Labute approximate surface area is 139 Å². The van der Waals surface area contributed by atoms with Gasteiger partial charge in [0.1, 0.15) is 11.6 Å². The molecule has 3 rings (SSSR count). The third kappa shape index (κ3) is 2.45. The summed E-state index contributed by atoms with van der Waals surface area (Å²) in [7, 11) is 0. The number of rotatable bonds is 2. The molecule has 1 aromatic heterocycles. The first-order chi connectivity index (χ1) is 10.0. The fraction of sp³-hybridized carbons (Fsp3) is 0.133. The molecule has 0 bridgehead atoms. The molecule has 2 aromatic carbocycles. The van der Waals surface area contributed by atoms with Gasteiger partial charge in [-0.2, -0.15) is 0 Å². The number of aromatic nitrogens is 2. The molecule has 21 heavy (non-hydrogen) atoms. The lowest BCUT2D eigenvalue weighted by Crippen LogP contribution is -2.02. The van der Waals surface area contributed by atoms with Gasteiger partial charge in [-0.3, -0.25) is 4.57 Å². The summed E-state index contributed by atoms with van der Waals surface area (Å²) >= 11 is 15.5. The predicted octanol–water partition coefficient (Wildman–Crippen LogP) is 5.63. The van der Waals surface area contributed by atoms with Crippen LogP contribution in [0, 0.1) is 12.7 Å². The van der Waals surface area contributed by atoms with E-state index in [1.54, 1.807) is 12.1 Å². The molecule has 0 aliphatic heterocycles. The Bertz CT molecular complexity index is 825. The normalized spacial score (nSPS) is 11.3. The topological polar surface area (TPSA) is 17.8 Å². The van der Waals surface area contributed by atoms with Crippen LogP contribution in [-0.2, 0) is 5.88 Å². The van der Waals surface area contributed by atoms with Crippen molar-refractivity contribution < 1.29 is 4.39 Å². The maximum Gasteiger partial charge on any atom is 0.139 e. The molecule has 6 heteroatoms. The van der Waals surface area contributed by atoms with Crippen LogP contribution in [-0.4, -0.2) is 9.55 Å². The molecule has 108 valence electrons. The van der Waals surface area contributed by atoms with E-state index in [1.807, 2.05) is 23.6 Å². The lowest BCUT2D eigenvalue weighted by Gasteiger charge is -2.13. The van der Waals surface area contributed by atoms with Crippen LogP contribution in [0.15, 0.2) is 34.8 Å². The third-order valence-corrected chi connectivity index (χ3v) is 4.45. The molecule has 2 nitrogen and oxygen atoms in total. The van der Waals surface area contributed by atoms with Gasteiger partial charge in [-0.25, -0.2) is 9.37 Å². The average Bonchev–Trinajstić information content (AvgIpc) is 2.77. The minimum atomic E-state index is -0.352. The van der Waals surface area contributed by atoms with Crippen LogP contribution in [0.25, 0.3) is 16.7 Å². The van der Waals surface area contributed by atoms with Crippen LogP contribution in [0.5, 0.6) is 0 Å². The second-order valence-electron chi connectivity index (χ2n) is 4.66. The summed E-state index contributed by atoms with van der Waals surface area (Å²) in [5, 5.41) is 0.573. The molecule has 0 spiro atoms. The van der Waals surface area contributed by atoms with Crippen molar-refractivity contribution in [1.82, 2.24) is 9.55 Å². The van der Waals surface area contributed by atoms with Crippen molar-refractivity contribution in [2.75, 3.05) is 0 Å². The van der Waals surface area contributed by atoms with Crippen molar-refractivity contribution in [2.45, 2.75) is 12.8 Å². The molecule has 0 saturated carbocycles. The van der Waals surface area contributed by atoms with Crippen LogP contribution in [0.2, 0.25) is 5.02 Å². The van der Waals surface area contributed by atoms with Gasteiger partial charge in [0, 0.05) is 6.07 Å². The van der Waals surface area contributed by atoms with Crippen molar-refractivity contribution >= 4 is 50.2 Å². The number of aryl methyl sites for hydroxylation is 1. The van der Waals surface area contributed by atoms with E-state index in [-0.39, 0.29) is 11.7 Å². The van der Waals surface area contributed by atoms with Gasteiger partial charge in [0.05, 0.1) is 32.1 Å². The van der Waals surface area contributed by atoms with E-state index in [9.17, 15) is 4.39 Å². The van der Waals surface area contributed by atoms with E-state index in [0.717, 1.165) is 11.3 Å². The van der Waals surface area contributed by atoms with Crippen molar-refractivity contribution in [2.24, 2.45) is 0 Å².